The van der Waals surface area contributed by atoms with Crippen molar-refractivity contribution in [3.05, 3.63) is 0 Å². The molecule has 0 amide bonds. The fraction of sp³-hybridized carbons (Fsp3) is 0.700. The number of alkyl halides is 3. The van der Waals surface area contributed by atoms with Gasteiger partial charge in [0.15, 0.2) is 0 Å². The molecule has 2 heterocycles. The molecule has 0 spiro atoms. The van der Waals surface area contributed by atoms with Gasteiger partial charge in [0.05, 0.1) is 19.6 Å². The molecule has 2 rings (SSSR count). The molecule has 0 unspecified atom stereocenters. The van der Waals surface area contributed by atoms with Crippen LogP contribution in [0.2, 0.25) is 0 Å². The second-order valence-corrected chi connectivity index (χ2v) is 4.21. The van der Waals surface area contributed by atoms with Crippen molar-refractivity contribution in [1.82, 2.24) is 15.0 Å². The topological polar surface area (TPSA) is 89.2 Å². The number of morpholine rings is 1. The van der Waals surface area contributed by atoms with Gasteiger partial charge in [-0.15, -0.1) is 0 Å². The molecule has 0 saturated carbocycles. The second-order valence-electron chi connectivity index (χ2n) is 4.21. The van der Waals surface area contributed by atoms with Gasteiger partial charge < -0.3 is 20.7 Å². The Hall–Kier alpha value is -1.84. The molecule has 1 aromatic heterocycles. The lowest BCUT2D eigenvalue weighted by molar-refractivity contribution is -0.131. The van der Waals surface area contributed by atoms with Crippen molar-refractivity contribution in [2.24, 2.45) is 0 Å². The van der Waals surface area contributed by atoms with Crippen molar-refractivity contribution >= 4 is 17.8 Å². The summed E-state index contributed by atoms with van der Waals surface area (Å²) in [6.45, 7) is 1.98. The molecular weight excluding hydrogens is 277 g/mol. The molecule has 10 heteroatoms. The Balaban J connectivity index is 2.00. The maximum atomic E-state index is 12.1. The monoisotopic (exact) mass is 292 g/mol. The van der Waals surface area contributed by atoms with Crippen LogP contribution in [0.5, 0.6) is 0 Å². The lowest BCUT2D eigenvalue weighted by atomic mass is 10.4. The molecule has 3 N–H and O–H groups in total. The van der Waals surface area contributed by atoms with Crippen LogP contribution in [0.15, 0.2) is 0 Å². The Morgan fingerprint density at radius 2 is 1.90 bits per heavy atom. The number of aromatic nitrogens is 3. The molecular formula is C10H15F3N6O. The van der Waals surface area contributed by atoms with Gasteiger partial charge in [-0.2, -0.15) is 28.1 Å². The van der Waals surface area contributed by atoms with Crippen LogP contribution in [0.4, 0.5) is 31.0 Å². The molecule has 7 nitrogen and oxygen atoms in total. The predicted molar refractivity (Wildman–Crippen MR) is 66.4 cm³/mol. The van der Waals surface area contributed by atoms with Gasteiger partial charge in [-0.1, -0.05) is 0 Å². The molecule has 0 bridgehead atoms. The van der Waals surface area contributed by atoms with E-state index in [2.05, 4.69) is 20.3 Å². The fourth-order valence-corrected chi connectivity index (χ4v) is 1.68. The van der Waals surface area contributed by atoms with Gasteiger partial charge >= 0.3 is 6.18 Å². The molecule has 112 valence electrons. The molecule has 1 aliphatic rings. The van der Waals surface area contributed by atoms with Crippen molar-refractivity contribution in [2.45, 2.75) is 12.6 Å². The second kappa shape index (κ2) is 6.07. The average Bonchev–Trinajstić information content (AvgIpc) is 2.37. The van der Waals surface area contributed by atoms with Crippen LogP contribution in [0.1, 0.15) is 6.42 Å². The predicted octanol–water partition coefficient (Wildman–Crippen LogP) is 0.655. The van der Waals surface area contributed by atoms with E-state index in [0.29, 0.717) is 32.3 Å². The minimum atomic E-state index is -4.22. The highest BCUT2D eigenvalue weighted by molar-refractivity contribution is 5.42. The number of anilines is 3. The zero-order valence-electron chi connectivity index (χ0n) is 10.7. The van der Waals surface area contributed by atoms with Crippen molar-refractivity contribution in [3.8, 4) is 0 Å². The van der Waals surface area contributed by atoms with Crippen LogP contribution >= 0.6 is 0 Å². The smallest absolute Gasteiger partial charge is 0.378 e. The van der Waals surface area contributed by atoms with Crippen molar-refractivity contribution < 1.29 is 17.9 Å². The molecule has 1 saturated heterocycles. The summed E-state index contributed by atoms with van der Waals surface area (Å²) in [7, 11) is 0. The van der Waals surface area contributed by atoms with E-state index in [1.165, 1.54) is 0 Å². The number of nitrogens with two attached hydrogens (primary N) is 1. The molecule has 0 aromatic carbocycles. The molecule has 0 aliphatic carbocycles. The van der Waals surface area contributed by atoms with E-state index < -0.39 is 12.6 Å². The summed E-state index contributed by atoms with van der Waals surface area (Å²) in [6, 6.07) is 0. The highest BCUT2D eigenvalue weighted by Crippen LogP contribution is 2.19. The number of rotatable bonds is 4. The van der Waals surface area contributed by atoms with E-state index in [9.17, 15) is 13.2 Å². The minimum Gasteiger partial charge on any atom is -0.378 e. The van der Waals surface area contributed by atoms with E-state index in [0.717, 1.165) is 0 Å². The molecule has 20 heavy (non-hydrogen) atoms. The van der Waals surface area contributed by atoms with Crippen LogP contribution in [0.25, 0.3) is 0 Å². The Bertz CT molecular complexity index is 449. The van der Waals surface area contributed by atoms with Gasteiger partial charge in [-0.3, -0.25) is 0 Å². The number of halogens is 3. The van der Waals surface area contributed by atoms with Crippen molar-refractivity contribution in [2.75, 3.05) is 48.8 Å². The number of nitrogens with zero attached hydrogens (tertiary/aromatic N) is 4. The third-order valence-corrected chi connectivity index (χ3v) is 2.63. The van der Waals surface area contributed by atoms with E-state index in [1.807, 2.05) is 4.90 Å². The Kier molecular flexibility index (Phi) is 4.42. The molecule has 0 radical (unpaired) electrons. The molecule has 1 fully saturated rings. The Morgan fingerprint density at radius 3 is 2.55 bits per heavy atom. The molecule has 1 aliphatic heterocycles. The first-order valence-corrected chi connectivity index (χ1v) is 6.09. The van der Waals surface area contributed by atoms with E-state index in [4.69, 9.17) is 10.5 Å². The summed E-state index contributed by atoms with van der Waals surface area (Å²) >= 11 is 0. The van der Waals surface area contributed by atoms with Gasteiger partial charge in [-0.05, 0) is 0 Å². The van der Waals surface area contributed by atoms with Gasteiger partial charge in [0.1, 0.15) is 0 Å². The molecule has 1 aromatic rings. The summed E-state index contributed by atoms with van der Waals surface area (Å²) in [6.07, 6.45) is -5.19. The van der Waals surface area contributed by atoms with Crippen molar-refractivity contribution in [3.63, 3.8) is 0 Å². The zero-order valence-corrected chi connectivity index (χ0v) is 10.7. The standard InChI is InChI=1S/C10H15F3N6O/c11-10(12,13)1-2-15-8-16-7(14)17-9(18-8)19-3-5-20-6-4-19/h1-6H2,(H3,14,15,16,17,18). The lowest BCUT2D eigenvalue weighted by Gasteiger charge is -2.26. The number of hydrogen-bond acceptors (Lipinski definition) is 7. The normalized spacial score (nSPS) is 16.2. The van der Waals surface area contributed by atoms with E-state index in [1.54, 1.807) is 0 Å². The van der Waals surface area contributed by atoms with Crippen LogP contribution in [-0.2, 0) is 4.74 Å². The van der Waals surface area contributed by atoms with E-state index in [-0.39, 0.29) is 18.4 Å². The number of nitrogen functional groups attached to an aromatic ring is 1. The highest BCUT2D eigenvalue weighted by Gasteiger charge is 2.26. The third kappa shape index (κ3) is 4.37. The Labute approximate surface area is 113 Å². The van der Waals surface area contributed by atoms with Crippen LogP contribution in [0, 0.1) is 0 Å². The van der Waals surface area contributed by atoms with Crippen LogP contribution in [-0.4, -0.2) is 54.0 Å². The van der Waals surface area contributed by atoms with Gasteiger partial charge in [0.2, 0.25) is 17.8 Å². The minimum absolute atomic E-state index is 0.0315. The SMILES string of the molecule is Nc1nc(NCCC(F)(F)F)nc(N2CCOCC2)n1. The molecule has 0 atom stereocenters. The Morgan fingerprint density at radius 1 is 1.20 bits per heavy atom. The highest BCUT2D eigenvalue weighted by atomic mass is 19.4. The summed E-state index contributed by atoms with van der Waals surface area (Å²) in [4.78, 5) is 13.7. The first-order valence-electron chi connectivity index (χ1n) is 6.09. The van der Waals surface area contributed by atoms with Crippen molar-refractivity contribution in [1.29, 1.82) is 0 Å². The quantitative estimate of drug-likeness (QED) is 0.842. The van der Waals surface area contributed by atoms with Gasteiger partial charge in [0, 0.05) is 19.6 Å². The summed E-state index contributed by atoms with van der Waals surface area (Å²) in [5.74, 6) is 0.356. The maximum Gasteiger partial charge on any atom is 0.390 e. The fourth-order valence-electron chi connectivity index (χ4n) is 1.68. The number of hydrogen-bond donors (Lipinski definition) is 2. The van der Waals surface area contributed by atoms with Gasteiger partial charge in [0.25, 0.3) is 0 Å². The first kappa shape index (κ1) is 14.6. The number of nitrogens with one attached hydrogen (secondary N) is 1. The summed E-state index contributed by atoms with van der Waals surface area (Å²) in [5.41, 5.74) is 5.54. The van der Waals surface area contributed by atoms with Crippen LogP contribution < -0.4 is 16.0 Å². The summed E-state index contributed by atoms with van der Waals surface area (Å²) < 4.78 is 41.4. The average molecular weight is 292 g/mol. The summed E-state index contributed by atoms with van der Waals surface area (Å²) in [5, 5.41) is 2.50. The first-order chi connectivity index (χ1) is 9.44. The largest absolute Gasteiger partial charge is 0.390 e. The number of ether oxygens (including phenoxy) is 1. The van der Waals surface area contributed by atoms with Gasteiger partial charge in [-0.25, -0.2) is 0 Å². The lowest BCUT2D eigenvalue weighted by Crippen LogP contribution is -2.37. The maximum absolute atomic E-state index is 12.1. The third-order valence-electron chi connectivity index (χ3n) is 2.63. The zero-order chi connectivity index (χ0) is 14.6. The van der Waals surface area contributed by atoms with E-state index >= 15 is 0 Å². The van der Waals surface area contributed by atoms with Crippen LogP contribution in [0.3, 0.4) is 0 Å².